The Hall–Kier alpha value is -3.00. The van der Waals surface area contributed by atoms with Gasteiger partial charge in [0, 0.05) is 17.5 Å². The molecule has 0 unspecified atom stereocenters. The van der Waals surface area contributed by atoms with Crippen LogP contribution in [0.4, 0.5) is 5.13 Å². The first-order valence-electron chi connectivity index (χ1n) is 11.3. The molecule has 2 aliphatic rings. The number of nitrogens with zero attached hydrogens (tertiary/aromatic N) is 2. The quantitative estimate of drug-likeness (QED) is 0.467. The van der Waals surface area contributed by atoms with Crippen LogP contribution in [0.3, 0.4) is 0 Å². The molecule has 8 heteroatoms. The number of hydrogen-bond acceptors (Lipinski definition) is 6. The highest BCUT2D eigenvalue weighted by molar-refractivity contribution is 7.15. The van der Waals surface area contributed by atoms with E-state index in [-0.39, 0.29) is 35.5 Å². The normalized spacial score (nSPS) is 20.8. The largest absolute Gasteiger partial charge is 0.497 e. The molecule has 3 amide bonds. The second-order valence-corrected chi connectivity index (χ2v) is 10.1. The van der Waals surface area contributed by atoms with E-state index in [2.05, 4.69) is 10.3 Å². The van der Waals surface area contributed by atoms with Crippen LogP contribution in [-0.4, -0.2) is 40.8 Å². The molecule has 1 aliphatic heterocycles. The number of fused-ring (bicyclic) bond motifs is 1. The second kappa shape index (κ2) is 9.87. The zero-order chi connectivity index (χ0) is 23.5. The molecule has 2 aromatic rings. The minimum absolute atomic E-state index is 0.141. The van der Waals surface area contributed by atoms with Crippen molar-refractivity contribution in [1.82, 2.24) is 9.88 Å². The maximum atomic E-state index is 13.3. The molecule has 1 aromatic heterocycles. The molecule has 7 nitrogen and oxygen atoms in total. The van der Waals surface area contributed by atoms with Gasteiger partial charge in [0.05, 0.1) is 18.9 Å². The summed E-state index contributed by atoms with van der Waals surface area (Å²) in [7, 11) is 1.63. The van der Waals surface area contributed by atoms with Gasteiger partial charge in [-0.1, -0.05) is 38.1 Å². The summed E-state index contributed by atoms with van der Waals surface area (Å²) < 4.78 is 5.28. The smallest absolute Gasteiger partial charge is 0.249 e. The number of amides is 3. The summed E-state index contributed by atoms with van der Waals surface area (Å²) in [5, 5.41) is 3.32. The van der Waals surface area contributed by atoms with Crippen LogP contribution in [0.25, 0.3) is 0 Å². The van der Waals surface area contributed by atoms with Crippen LogP contribution in [0.5, 0.6) is 5.75 Å². The molecule has 1 saturated heterocycles. The first kappa shape index (κ1) is 23.2. The SMILES string of the molecule is COc1cccc(Cc2cnc(NC(=O)[C@@H](CC(C)C)N3C(=O)[C@H]4CC=CC[C@H]4C3=O)s2)c1. The van der Waals surface area contributed by atoms with Crippen molar-refractivity contribution in [2.24, 2.45) is 17.8 Å². The molecule has 0 saturated carbocycles. The van der Waals surface area contributed by atoms with E-state index in [1.807, 2.05) is 50.3 Å². The summed E-state index contributed by atoms with van der Waals surface area (Å²) in [4.78, 5) is 45.9. The maximum absolute atomic E-state index is 13.3. The number of nitrogens with one attached hydrogen (secondary N) is 1. The molecule has 1 N–H and O–H groups in total. The molecular formula is C25H29N3O4S. The Kier molecular flexibility index (Phi) is 6.93. The van der Waals surface area contributed by atoms with E-state index in [4.69, 9.17) is 4.74 Å². The van der Waals surface area contributed by atoms with Gasteiger partial charge in [-0.15, -0.1) is 11.3 Å². The Bertz CT molecular complexity index is 1050. The van der Waals surface area contributed by atoms with Crippen LogP contribution in [0.1, 0.15) is 43.6 Å². The van der Waals surface area contributed by atoms with Gasteiger partial charge in [0.2, 0.25) is 17.7 Å². The van der Waals surface area contributed by atoms with Gasteiger partial charge in [0.25, 0.3) is 0 Å². The summed E-state index contributed by atoms with van der Waals surface area (Å²) in [6, 6.07) is 6.98. The first-order valence-corrected chi connectivity index (χ1v) is 12.1. The third-order valence-corrected chi connectivity index (χ3v) is 7.06. The molecule has 0 spiro atoms. The lowest BCUT2D eigenvalue weighted by atomic mass is 9.85. The summed E-state index contributed by atoms with van der Waals surface area (Å²) in [5.41, 5.74) is 1.08. The van der Waals surface area contributed by atoms with Crippen molar-refractivity contribution in [3.63, 3.8) is 0 Å². The Morgan fingerprint density at radius 3 is 2.55 bits per heavy atom. The Balaban J connectivity index is 1.48. The number of aromatic nitrogens is 1. The van der Waals surface area contributed by atoms with Crippen LogP contribution in [0, 0.1) is 17.8 Å². The van der Waals surface area contributed by atoms with Crippen molar-refractivity contribution >= 4 is 34.2 Å². The lowest BCUT2D eigenvalue weighted by Crippen LogP contribution is -2.48. The van der Waals surface area contributed by atoms with Crippen molar-refractivity contribution in [3.8, 4) is 5.75 Å². The Morgan fingerprint density at radius 1 is 1.21 bits per heavy atom. The first-order chi connectivity index (χ1) is 15.9. The van der Waals surface area contributed by atoms with E-state index in [0.29, 0.717) is 30.8 Å². The van der Waals surface area contributed by atoms with Gasteiger partial charge in [-0.2, -0.15) is 0 Å². The number of thiazole rings is 1. The predicted molar refractivity (Wildman–Crippen MR) is 127 cm³/mol. The molecule has 0 radical (unpaired) electrons. The number of rotatable bonds is 8. The van der Waals surface area contributed by atoms with Crippen molar-refractivity contribution in [1.29, 1.82) is 0 Å². The molecule has 0 bridgehead atoms. The molecule has 174 valence electrons. The average Bonchev–Trinajstić information content (AvgIpc) is 3.34. The van der Waals surface area contributed by atoms with Gasteiger partial charge in [-0.25, -0.2) is 4.98 Å². The highest BCUT2D eigenvalue weighted by Gasteiger charge is 2.51. The number of methoxy groups -OCH3 is 1. The molecule has 1 aliphatic carbocycles. The van der Waals surface area contributed by atoms with Crippen LogP contribution < -0.4 is 10.1 Å². The molecule has 1 fully saturated rings. The number of allylic oxidation sites excluding steroid dienone is 2. The van der Waals surface area contributed by atoms with Gasteiger partial charge in [-0.05, 0) is 42.9 Å². The van der Waals surface area contributed by atoms with E-state index in [0.717, 1.165) is 16.2 Å². The Morgan fingerprint density at radius 2 is 1.91 bits per heavy atom. The summed E-state index contributed by atoms with van der Waals surface area (Å²) in [5.74, 6) is -0.585. The number of carbonyl (C=O) groups excluding carboxylic acids is 3. The van der Waals surface area contributed by atoms with Gasteiger partial charge >= 0.3 is 0 Å². The number of imide groups is 1. The minimum Gasteiger partial charge on any atom is -0.497 e. The molecule has 2 heterocycles. The third-order valence-electron chi connectivity index (χ3n) is 6.15. The van der Waals surface area contributed by atoms with Gasteiger partial charge in [0.15, 0.2) is 5.13 Å². The fraction of sp³-hybridized carbons (Fsp3) is 0.440. The van der Waals surface area contributed by atoms with Crippen LogP contribution >= 0.6 is 11.3 Å². The topological polar surface area (TPSA) is 88.6 Å². The maximum Gasteiger partial charge on any atom is 0.249 e. The second-order valence-electron chi connectivity index (χ2n) is 9.00. The minimum atomic E-state index is -0.832. The van der Waals surface area contributed by atoms with Crippen LogP contribution in [0.15, 0.2) is 42.6 Å². The molecule has 33 heavy (non-hydrogen) atoms. The zero-order valence-electron chi connectivity index (χ0n) is 19.1. The van der Waals surface area contributed by atoms with Crippen molar-refractivity contribution in [2.75, 3.05) is 12.4 Å². The number of likely N-dealkylation sites (tertiary alicyclic amines) is 1. The van der Waals surface area contributed by atoms with Crippen LogP contribution in [-0.2, 0) is 20.8 Å². The molecular weight excluding hydrogens is 438 g/mol. The molecule has 4 rings (SSSR count). The number of ether oxygens (including phenoxy) is 1. The lowest BCUT2D eigenvalue weighted by molar-refractivity contribution is -0.147. The van der Waals surface area contributed by atoms with Crippen LogP contribution in [0.2, 0.25) is 0 Å². The van der Waals surface area contributed by atoms with Gasteiger partial charge in [0.1, 0.15) is 11.8 Å². The average molecular weight is 468 g/mol. The van der Waals surface area contributed by atoms with E-state index in [1.165, 1.54) is 16.2 Å². The Labute approximate surface area is 197 Å². The summed E-state index contributed by atoms with van der Waals surface area (Å²) in [6.07, 6.45) is 7.84. The fourth-order valence-electron chi connectivity index (χ4n) is 4.53. The fourth-order valence-corrected chi connectivity index (χ4v) is 5.38. The van der Waals surface area contributed by atoms with Gasteiger partial charge in [-0.3, -0.25) is 19.3 Å². The predicted octanol–water partition coefficient (Wildman–Crippen LogP) is 4.05. The highest BCUT2D eigenvalue weighted by atomic mass is 32.1. The van der Waals surface area contributed by atoms with Crippen molar-refractivity contribution < 1.29 is 19.1 Å². The lowest BCUT2D eigenvalue weighted by Gasteiger charge is -2.27. The van der Waals surface area contributed by atoms with E-state index in [1.54, 1.807) is 13.3 Å². The number of anilines is 1. The van der Waals surface area contributed by atoms with E-state index >= 15 is 0 Å². The van der Waals surface area contributed by atoms with Crippen molar-refractivity contribution in [2.45, 2.75) is 45.6 Å². The standard InChI is InChI=1S/C25H29N3O4S/c1-15(2)11-21(28-23(30)19-9-4-5-10-20(19)24(28)31)22(29)27-25-26-14-18(33-25)13-16-7-6-8-17(12-16)32-3/h4-8,12,14-15,19-21H,9-11,13H2,1-3H3,(H,26,27,29)/t19-,20+,21-/m1/s1. The van der Waals surface area contributed by atoms with Gasteiger partial charge < -0.3 is 10.1 Å². The summed E-state index contributed by atoms with van der Waals surface area (Å²) in [6.45, 7) is 3.96. The zero-order valence-corrected chi connectivity index (χ0v) is 19.9. The van der Waals surface area contributed by atoms with Crippen molar-refractivity contribution in [3.05, 3.63) is 53.1 Å². The highest BCUT2D eigenvalue weighted by Crippen LogP contribution is 2.37. The third kappa shape index (κ3) is 5.00. The van der Waals surface area contributed by atoms with E-state index in [9.17, 15) is 14.4 Å². The molecule has 1 aromatic carbocycles. The summed E-state index contributed by atoms with van der Waals surface area (Å²) >= 11 is 1.39. The van der Waals surface area contributed by atoms with E-state index < -0.39 is 6.04 Å². The monoisotopic (exact) mass is 467 g/mol. The number of carbonyl (C=O) groups is 3. The molecule has 3 atom stereocenters. The number of benzene rings is 1. The number of hydrogen-bond donors (Lipinski definition) is 1.